The van der Waals surface area contributed by atoms with Gasteiger partial charge < -0.3 is 10.1 Å². The van der Waals surface area contributed by atoms with E-state index in [0.717, 1.165) is 12.6 Å². The summed E-state index contributed by atoms with van der Waals surface area (Å²) in [6.07, 6.45) is 5.92. The third-order valence-electron chi connectivity index (χ3n) is 4.04. The first-order chi connectivity index (χ1) is 11.8. The van der Waals surface area contributed by atoms with Gasteiger partial charge in [-0.2, -0.15) is 8.78 Å². The number of hydrogen-bond acceptors (Lipinski definition) is 3. The third-order valence-corrected chi connectivity index (χ3v) is 4.04. The molecule has 7 heteroatoms. The molecule has 138 valence electrons. The molecule has 1 aliphatic heterocycles. The van der Waals surface area contributed by atoms with Crippen LogP contribution in [0.15, 0.2) is 52.7 Å². The summed E-state index contributed by atoms with van der Waals surface area (Å²) in [5, 5.41) is 2.94. The Balaban J connectivity index is 1.90. The Labute approximate surface area is 144 Å². The number of rotatable bonds is 7. The number of halogens is 4. The van der Waals surface area contributed by atoms with E-state index in [1.807, 2.05) is 0 Å². The Bertz CT molecular complexity index is 623. The first kappa shape index (κ1) is 19.4. The Kier molecular flexibility index (Phi) is 6.58. The van der Waals surface area contributed by atoms with Crippen molar-refractivity contribution in [3.05, 3.63) is 47.7 Å². The lowest BCUT2D eigenvalue weighted by Gasteiger charge is -2.19. The second-order valence-electron chi connectivity index (χ2n) is 6.12. The molecule has 0 amide bonds. The molecule has 1 N–H and O–H groups in total. The highest BCUT2D eigenvalue weighted by molar-refractivity contribution is 5.66. The van der Waals surface area contributed by atoms with Crippen LogP contribution < -0.4 is 5.32 Å². The molecule has 1 heterocycles. The number of ether oxygens (including phenoxy) is 1. The van der Waals surface area contributed by atoms with Crippen LogP contribution in [0.25, 0.3) is 0 Å². The van der Waals surface area contributed by atoms with E-state index in [2.05, 4.69) is 16.9 Å². The maximum absolute atomic E-state index is 14.1. The molecule has 0 saturated carbocycles. The maximum Gasteiger partial charge on any atom is 0.302 e. The molecule has 0 bridgehead atoms. The molecular weight excluding hydrogens is 336 g/mol. The van der Waals surface area contributed by atoms with Gasteiger partial charge in [-0.15, -0.1) is 0 Å². The highest BCUT2D eigenvalue weighted by Crippen LogP contribution is 2.24. The highest BCUT2D eigenvalue weighted by Gasteiger charge is 2.31. The quantitative estimate of drug-likeness (QED) is 0.541. The lowest BCUT2D eigenvalue weighted by atomic mass is 10.0. The SMILES string of the molecule is C=C(C)C(F)(F)COC1=CCC(NCC2=CCCC=C2F)C(F)C=N1. The molecule has 25 heavy (non-hydrogen) atoms. The summed E-state index contributed by atoms with van der Waals surface area (Å²) in [6, 6.07) is -0.637. The van der Waals surface area contributed by atoms with E-state index in [1.165, 1.54) is 19.1 Å². The Hall–Kier alpha value is -1.89. The van der Waals surface area contributed by atoms with Crippen LogP contribution in [0.1, 0.15) is 26.2 Å². The third kappa shape index (κ3) is 5.56. The smallest absolute Gasteiger partial charge is 0.302 e. The lowest BCUT2D eigenvalue weighted by Crippen LogP contribution is -2.39. The van der Waals surface area contributed by atoms with Gasteiger partial charge in [0.15, 0.2) is 12.8 Å². The summed E-state index contributed by atoms with van der Waals surface area (Å²) in [6.45, 7) is 3.71. The average molecular weight is 358 g/mol. The molecule has 3 nitrogen and oxygen atoms in total. The summed E-state index contributed by atoms with van der Waals surface area (Å²) in [5.74, 6) is -3.53. The number of hydrogen-bond donors (Lipinski definition) is 1. The van der Waals surface area contributed by atoms with Crippen LogP contribution in [0.3, 0.4) is 0 Å². The Morgan fingerprint density at radius 2 is 2.08 bits per heavy atom. The van der Waals surface area contributed by atoms with Gasteiger partial charge in [0.2, 0.25) is 5.88 Å². The largest absolute Gasteiger partial charge is 0.471 e. The molecule has 2 aliphatic rings. The van der Waals surface area contributed by atoms with Crippen molar-refractivity contribution in [2.24, 2.45) is 4.99 Å². The van der Waals surface area contributed by atoms with Gasteiger partial charge in [-0.3, -0.25) is 0 Å². The highest BCUT2D eigenvalue weighted by atomic mass is 19.3. The zero-order valence-corrected chi connectivity index (χ0v) is 14.1. The van der Waals surface area contributed by atoms with Crippen LogP contribution in [0.2, 0.25) is 0 Å². The van der Waals surface area contributed by atoms with E-state index in [-0.39, 0.29) is 30.2 Å². The van der Waals surface area contributed by atoms with Crippen LogP contribution in [0.5, 0.6) is 0 Å². The van der Waals surface area contributed by atoms with Gasteiger partial charge in [0.1, 0.15) is 5.83 Å². The summed E-state index contributed by atoms with van der Waals surface area (Å²) < 4.78 is 59.7. The fourth-order valence-electron chi connectivity index (χ4n) is 2.33. The van der Waals surface area contributed by atoms with E-state index in [4.69, 9.17) is 4.74 Å². The van der Waals surface area contributed by atoms with Crippen molar-refractivity contribution in [1.29, 1.82) is 0 Å². The number of nitrogens with one attached hydrogen (secondary N) is 1. The van der Waals surface area contributed by atoms with Gasteiger partial charge in [0.25, 0.3) is 0 Å². The molecule has 0 fully saturated rings. The molecule has 0 aromatic heterocycles. The minimum Gasteiger partial charge on any atom is -0.471 e. The molecule has 0 spiro atoms. The number of alkyl halides is 3. The van der Waals surface area contributed by atoms with Crippen molar-refractivity contribution in [2.75, 3.05) is 13.2 Å². The zero-order valence-electron chi connectivity index (χ0n) is 14.1. The summed E-state index contributed by atoms with van der Waals surface area (Å²) in [7, 11) is 0. The fraction of sp³-hybridized carbons (Fsp3) is 0.500. The van der Waals surface area contributed by atoms with E-state index >= 15 is 0 Å². The molecule has 2 rings (SSSR count). The van der Waals surface area contributed by atoms with Crippen LogP contribution in [-0.2, 0) is 4.74 Å². The number of allylic oxidation sites excluding steroid dienone is 2. The fourth-order valence-corrected chi connectivity index (χ4v) is 2.33. The van der Waals surface area contributed by atoms with Crippen molar-refractivity contribution in [1.82, 2.24) is 5.32 Å². The Morgan fingerprint density at radius 3 is 2.76 bits per heavy atom. The lowest BCUT2D eigenvalue weighted by molar-refractivity contribution is -0.0284. The minimum atomic E-state index is -3.17. The average Bonchev–Trinajstić information content (AvgIpc) is 2.74. The van der Waals surface area contributed by atoms with Gasteiger partial charge in [-0.05, 0) is 49.5 Å². The summed E-state index contributed by atoms with van der Waals surface area (Å²) >= 11 is 0. The zero-order chi connectivity index (χ0) is 18.4. The van der Waals surface area contributed by atoms with Gasteiger partial charge in [-0.25, -0.2) is 13.8 Å². The second-order valence-corrected chi connectivity index (χ2v) is 6.12. The van der Waals surface area contributed by atoms with E-state index < -0.39 is 24.7 Å². The summed E-state index contributed by atoms with van der Waals surface area (Å²) in [5.41, 5.74) is 0.186. The number of nitrogens with zero attached hydrogens (tertiary/aromatic N) is 1. The molecule has 2 unspecified atom stereocenters. The van der Waals surface area contributed by atoms with Crippen molar-refractivity contribution in [2.45, 2.75) is 44.3 Å². The van der Waals surface area contributed by atoms with Crippen molar-refractivity contribution in [3.63, 3.8) is 0 Å². The predicted octanol–water partition coefficient (Wildman–Crippen LogP) is 4.40. The van der Waals surface area contributed by atoms with E-state index in [9.17, 15) is 17.6 Å². The van der Waals surface area contributed by atoms with E-state index in [0.29, 0.717) is 12.0 Å². The monoisotopic (exact) mass is 358 g/mol. The van der Waals surface area contributed by atoms with Crippen molar-refractivity contribution >= 4 is 6.21 Å². The minimum absolute atomic E-state index is 0.0594. The topological polar surface area (TPSA) is 33.6 Å². The molecule has 2 atom stereocenters. The van der Waals surface area contributed by atoms with E-state index in [1.54, 1.807) is 6.08 Å². The number of aliphatic imine (C=N–C) groups is 1. The maximum atomic E-state index is 14.1. The van der Waals surface area contributed by atoms with Crippen LogP contribution in [0, 0.1) is 0 Å². The normalized spacial score (nSPS) is 24.1. The molecule has 0 radical (unpaired) electrons. The van der Waals surface area contributed by atoms with Gasteiger partial charge in [-0.1, -0.05) is 12.7 Å². The molecular formula is C18H22F4N2O. The van der Waals surface area contributed by atoms with Gasteiger partial charge >= 0.3 is 5.92 Å². The van der Waals surface area contributed by atoms with Crippen LogP contribution in [-0.4, -0.2) is 37.5 Å². The van der Waals surface area contributed by atoms with Gasteiger partial charge in [0, 0.05) is 18.8 Å². The van der Waals surface area contributed by atoms with Crippen molar-refractivity contribution in [3.8, 4) is 0 Å². The first-order valence-corrected chi connectivity index (χ1v) is 8.13. The predicted molar refractivity (Wildman–Crippen MR) is 90.1 cm³/mol. The second kappa shape index (κ2) is 8.47. The Morgan fingerprint density at radius 1 is 1.36 bits per heavy atom. The van der Waals surface area contributed by atoms with Crippen molar-refractivity contribution < 1.29 is 22.3 Å². The molecule has 1 aliphatic carbocycles. The van der Waals surface area contributed by atoms with Gasteiger partial charge in [0.05, 0.1) is 0 Å². The molecule has 0 saturated heterocycles. The molecule has 0 aromatic carbocycles. The standard InChI is InChI=1S/C18H22F4N2O/c1-12(2)18(21,22)11-25-17-8-7-16(15(20)10-24-17)23-9-13-5-3-4-6-14(13)19/h5-6,8,10,15-16,23H,1,3-4,7,9,11H2,2H3. The van der Waals surface area contributed by atoms with Crippen LogP contribution in [0.4, 0.5) is 17.6 Å². The van der Waals surface area contributed by atoms with Crippen LogP contribution >= 0.6 is 0 Å². The summed E-state index contributed by atoms with van der Waals surface area (Å²) in [4.78, 5) is 3.76. The molecule has 0 aromatic rings. The first-order valence-electron chi connectivity index (χ1n) is 8.13.